The predicted molar refractivity (Wildman–Crippen MR) is 237 cm³/mol. The maximum absolute atomic E-state index is 6.43. The van der Waals surface area contributed by atoms with Gasteiger partial charge < -0.3 is 13.7 Å². The molecule has 0 atom stereocenters. The van der Waals surface area contributed by atoms with E-state index in [9.17, 15) is 0 Å². The lowest BCUT2D eigenvalue weighted by Gasteiger charge is -2.26. The average molecular weight is 730 g/mol. The Balaban J connectivity index is 0.983. The third-order valence-electron chi connectivity index (χ3n) is 11.1. The summed E-state index contributed by atoms with van der Waals surface area (Å²) in [6, 6.07) is 75.1. The van der Waals surface area contributed by atoms with Gasteiger partial charge in [-0.25, -0.2) is 0 Å². The largest absolute Gasteiger partial charge is 0.456 e. The van der Waals surface area contributed by atoms with Crippen molar-refractivity contribution < 1.29 is 8.83 Å². The Morgan fingerprint density at radius 2 is 0.649 bits per heavy atom. The number of para-hydroxylation sites is 3. The molecule has 2 aromatic heterocycles. The van der Waals surface area contributed by atoms with Crippen molar-refractivity contribution in [3.63, 3.8) is 0 Å². The quantitative estimate of drug-likeness (QED) is 0.164. The molecule has 11 aromatic rings. The highest BCUT2D eigenvalue weighted by molar-refractivity contribution is 6.10. The zero-order valence-electron chi connectivity index (χ0n) is 31.0. The lowest BCUT2D eigenvalue weighted by molar-refractivity contribution is 0.669. The van der Waals surface area contributed by atoms with Crippen LogP contribution in [0.4, 0.5) is 17.1 Å². The van der Waals surface area contributed by atoms with Gasteiger partial charge in [0.2, 0.25) is 0 Å². The van der Waals surface area contributed by atoms with E-state index in [4.69, 9.17) is 8.83 Å². The Morgan fingerprint density at radius 3 is 1.26 bits per heavy atom. The van der Waals surface area contributed by atoms with Gasteiger partial charge in [0.25, 0.3) is 0 Å². The van der Waals surface area contributed by atoms with E-state index in [0.29, 0.717) is 0 Å². The second-order valence-electron chi connectivity index (χ2n) is 14.5. The minimum atomic E-state index is 0.865. The summed E-state index contributed by atoms with van der Waals surface area (Å²) >= 11 is 0. The van der Waals surface area contributed by atoms with Crippen LogP contribution in [0.15, 0.2) is 221 Å². The van der Waals surface area contributed by atoms with Crippen LogP contribution in [0.3, 0.4) is 0 Å². The van der Waals surface area contributed by atoms with E-state index in [0.717, 1.165) is 83.2 Å². The molecule has 0 aliphatic rings. The molecule has 0 spiro atoms. The molecular weight excluding hydrogens is 695 g/mol. The van der Waals surface area contributed by atoms with E-state index in [2.05, 4.69) is 193 Å². The summed E-state index contributed by atoms with van der Waals surface area (Å²) in [5.74, 6) is 0. The Bertz CT molecular complexity index is 3200. The second kappa shape index (κ2) is 13.6. The number of anilines is 3. The van der Waals surface area contributed by atoms with E-state index >= 15 is 0 Å². The number of nitrogens with zero attached hydrogens (tertiary/aromatic N) is 1. The zero-order chi connectivity index (χ0) is 37.7. The normalized spacial score (nSPS) is 11.5. The Morgan fingerprint density at radius 1 is 0.246 bits per heavy atom. The van der Waals surface area contributed by atoms with Crippen LogP contribution in [0, 0.1) is 0 Å². The topological polar surface area (TPSA) is 29.5 Å². The van der Waals surface area contributed by atoms with Crippen LogP contribution in [0.1, 0.15) is 0 Å². The van der Waals surface area contributed by atoms with Gasteiger partial charge in [-0.3, -0.25) is 0 Å². The molecule has 0 fully saturated rings. The molecule has 0 N–H and O–H groups in total. The number of benzene rings is 9. The number of furan rings is 2. The van der Waals surface area contributed by atoms with Crippen LogP contribution in [-0.4, -0.2) is 0 Å². The zero-order valence-corrected chi connectivity index (χ0v) is 31.0. The van der Waals surface area contributed by atoms with Gasteiger partial charge in [0.05, 0.1) is 0 Å². The fourth-order valence-corrected chi connectivity index (χ4v) is 8.25. The van der Waals surface area contributed by atoms with Gasteiger partial charge in [0.1, 0.15) is 22.3 Å². The maximum atomic E-state index is 6.43. The van der Waals surface area contributed by atoms with Gasteiger partial charge in [-0.2, -0.15) is 0 Å². The number of hydrogen-bond acceptors (Lipinski definition) is 3. The molecule has 57 heavy (non-hydrogen) atoms. The summed E-state index contributed by atoms with van der Waals surface area (Å²) in [6.07, 6.45) is 0. The summed E-state index contributed by atoms with van der Waals surface area (Å²) in [5.41, 5.74) is 16.0. The number of rotatable bonds is 7. The number of hydrogen-bond donors (Lipinski definition) is 0. The Labute approximate surface area is 330 Å². The highest BCUT2D eigenvalue weighted by Gasteiger charge is 2.18. The molecule has 0 unspecified atom stereocenters. The van der Waals surface area contributed by atoms with Gasteiger partial charge >= 0.3 is 0 Å². The van der Waals surface area contributed by atoms with Crippen molar-refractivity contribution in [2.24, 2.45) is 0 Å². The molecule has 11 rings (SSSR count). The third-order valence-corrected chi connectivity index (χ3v) is 11.1. The van der Waals surface area contributed by atoms with Crippen molar-refractivity contribution in [3.8, 4) is 44.5 Å². The van der Waals surface area contributed by atoms with Crippen LogP contribution in [0.5, 0.6) is 0 Å². The van der Waals surface area contributed by atoms with Crippen molar-refractivity contribution >= 4 is 60.9 Å². The molecule has 0 amide bonds. The first-order chi connectivity index (χ1) is 28.2. The third kappa shape index (κ3) is 5.85. The van der Waals surface area contributed by atoms with Gasteiger partial charge in [-0.1, -0.05) is 140 Å². The van der Waals surface area contributed by atoms with Crippen molar-refractivity contribution in [2.45, 2.75) is 0 Å². The molecule has 0 saturated heterocycles. The van der Waals surface area contributed by atoms with Gasteiger partial charge in [-0.05, 0) is 117 Å². The fraction of sp³-hybridized carbons (Fsp3) is 0. The van der Waals surface area contributed by atoms with Crippen molar-refractivity contribution in [1.29, 1.82) is 0 Å². The van der Waals surface area contributed by atoms with Crippen molar-refractivity contribution in [1.82, 2.24) is 0 Å². The maximum Gasteiger partial charge on any atom is 0.136 e. The van der Waals surface area contributed by atoms with E-state index in [1.807, 2.05) is 24.3 Å². The number of fused-ring (bicyclic) bond motifs is 6. The van der Waals surface area contributed by atoms with Crippen LogP contribution in [0.25, 0.3) is 88.4 Å². The predicted octanol–water partition coefficient (Wildman–Crippen LogP) is 15.6. The first kappa shape index (κ1) is 32.8. The molecule has 3 nitrogen and oxygen atoms in total. The van der Waals surface area contributed by atoms with E-state index in [1.54, 1.807) is 0 Å². The molecule has 0 bridgehead atoms. The summed E-state index contributed by atoms with van der Waals surface area (Å²) in [7, 11) is 0. The molecular formula is C54H35NO2. The highest BCUT2D eigenvalue weighted by atomic mass is 16.3. The Hall–Kier alpha value is -7.62. The molecule has 0 saturated carbocycles. The lowest BCUT2D eigenvalue weighted by Crippen LogP contribution is -2.09. The molecule has 268 valence electrons. The van der Waals surface area contributed by atoms with Gasteiger partial charge in [0.15, 0.2) is 0 Å². The summed E-state index contributed by atoms with van der Waals surface area (Å²) < 4.78 is 12.8. The van der Waals surface area contributed by atoms with Crippen LogP contribution >= 0.6 is 0 Å². The average Bonchev–Trinajstić information content (AvgIpc) is 3.85. The lowest BCUT2D eigenvalue weighted by atomic mass is 9.92. The van der Waals surface area contributed by atoms with Gasteiger partial charge in [-0.15, -0.1) is 0 Å². The minimum absolute atomic E-state index is 0.865. The highest BCUT2D eigenvalue weighted by Crippen LogP contribution is 2.43. The van der Waals surface area contributed by atoms with Crippen LogP contribution < -0.4 is 4.90 Å². The SMILES string of the molecule is c1ccc(-c2ccc(-c3ccc(N(c4ccccc4)c4ccc(-c5cc6oc7ccccc7c6cc5-c5ccc6c(c5)oc5ccccc56)cc4)cc3)cc2)cc1. The fourth-order valence-electron chi connectivity index (χ4n) is 8.25. The summed E-state index contributed by atoms with van der Waals surface area (Å²) in [4.78, 5) is 2.31. The molecule has 0 radical (unpaired) electrons. The molecule has 2 heterocycles. The molecule has 9 aromatic carbocycles. The Kier molecular flexibility index (Phi) is 7.82. The summed E-state index contributed by atoms with van der Waals surface area (Å²) in [6.45, 7) is 0. The van der Waals surface area contributed by atoms with Crippen molar-refractivity contribution in [3.05, 3.63) is 212 Å². The smallest absolute Gasteiger partial charge is 0.136 e. The standard InChI is InChI=1S/C54H35NO2/c1-3-11-36(12-4-1)37-19-21-38(22-20-37)39-23-28-43(29-24-39)55(42-13-5-2-6-14-42)44-30-25-40(26-31-44)49-35-54-50(46-16-8-10-18-52(46)57-54)34-48(49)41-27-32-47-45-15-7-9-17-51(45)56-53(47)33-41/h1-35H. The van der Waals surface area contributed by atoms with E-state index in [1.165, 1.54) is 22.3 Å². The monoisotopic (exact) mass is 729 g/mol. The van der Waals surface area contributed by atoms with Crippen molar-refractivity contribution in [2.75, 3.05) is 4.90 Å². The first-order valence-electron chi connectivity index (χ1n) is 19.3. The minimum Gasteiger partial charge on any atom is -0.456 e. The van der Waals surface area contributed by atoms with E-state index < -0.39 is 0 Å². The van der Waals surface area contributed by atoms with E-state index in [-0.39, 0.29) is 0 Å². The van der Waals surface area contributed by atoms with Gasteiger partial charge in [0, 0.05) is 38.6 Å². The summed E-state index contributed by atoms with van der Waals surface area (Å²) in [5, 5.41) is 4.44. The van der Waals surface area contributed by atoms with Crippen LogP contribution in [0.2, 0.25) is 0 Å². The van der Waals surface area contributed by atoms with Crippen LogP contribution in [-0.2, 0) is 0 Å². The molecule has 3 heteroatoms. The second-order valence-corrected chi connectivity index (χ2v) is 14.5. The first-order valence-corrected chi connectivity index (χ1v) is 19.3. The molecule has 0 aliphatic heterocycles. The molecule has 0 aliphatic carbocycles.